The minimum absolute atomic E-state index is 0.734. The molecule has 1 aliphatic rings. The molecule has 1 nitrogen and oxygen atoms in total. The molecule has 1 fully saturated rings. The van der Waals surface area contributed by atoms with E-state index in [0.29, 0.717) is 0 Å². The van der Waals surface area contributed by atoms with E-state index in [1.165, 1.54) is 48.8 Å². The van der Waals surface area contributed by atoms with Gasteiger partial charge >= 0.3 is 0 Å². The molecular formula is C19H23N. The van der Waals surface area contributed by atoms with Crippen LogP contribution >= 0.6 is 0 Å². The monoisotopic (exact) mass is 265 g/mol. The molecule has 0 spiro atoms. The van der Waals surface area contributed by atoms with Crippen molar-refractivity contribution in [3.05, 3.63) is 60.2 Å². The molecule has 0 saturated heterocycles. The number of hydrogen-bond donors (Lipinski definition) is 1. The Morgan fingerprint density at radius 2 is 1.40 bits per heavy atom. The molecule has 0 unspecified atom stereocenters. The maximum Gasteiger partial charge on any atom is 0.0208 e. The molecule has 20 heavy (non-hydrogen) atoms. The van der Waals surface area contributed by atoms with Crippen LogP contribution in [0.15, 0.2) is 54.6 Å². The fourth-order valence-electron chi connectivity index (χ4n) is 3.01. The maximum absolute atomic E-state index is 3.70. The van der Waals surface area contributed by atoms with Gasteiger partial charge in [-0.2, -0.15) is 0 Å². The third-order valence-electron chi connectivity index (χ3n) is 4.26. The van der Waals surface area contributed by atoms with Gasteiger partial charge in [-0.3, -0.25) is 0 Å². The first-order valence-electron chi connectivity index (χ1n) is 7.79. The van der Waals surface area contributed by atoms with E-state index in [1.807, 2.05) is 0 Å². The molecule has 0 bridgehead atoms. The quantitative estimate of drug-likeness (QED) is 0.839. The second-order valence-corrected chi connectivity index (χ2v) is 5.78. The number of rotatable bonds is 4. The van der Waals surface area contributed by atoms with Crippen LogP contribution < -0.4 is 5.32 Å². The van der Waals surface area contributed by atoms with Crippen molar-refractivity contribution in [2.24, 2.45) is 0 Å². The SMILES string of the molecule is c1ccc(-c2ccc(CNC3CCCCC3)cc2)cc1. The first-order chi connectivity index (χ1) is 9.92. The van der Waals surface area contributed by atoms with Gasteiger partial charge in [0.25, 0.3) is 0 Å². The Labute approximate surface area is 122 Å². The van der Waals surface area contributed by atoms with Crippen LogP contribution in [0.2, 0.25) is 0 Å². The molecule has 1 heteroatoms. The Morgan fingerprint density at radius 1 is 0.750 bits per heavy atom. The minimum Gasteiger partial charge on any atom is -0.310 e. The summed E-state index contributed by atoms with van der Waals surface area (Å²) in [6.45, 7) is 1.000. The second kappa shape index (κ2) is 6.71. The minimum atomic E-state index is 0.734. The molecule has 0 atom stereocenters. The Hall–Kier alpha value is -1.60. The van der Waals surface area contributed by atoms with Crippen LogP contribution in [0.1, 0.15) is 37.7 Å². The lowest BCUT2D eigenvalue weighted by atomic mass is 9.95. The van der Waals surface area contributed by atoms with Crippen LogP contribution in [-0.2, 0) is 6.54 Å². The average Bonchev–Trinajstić information content (AvgIpc) is 2.55. The summed E-state index contributed by atoms with van der Waals surface area (Å²) >= 11 is 0. The van der Waals surface area contributed by atoms with Crippen molar-refractivity contribution in [2.75, 3.05) is 0 Å². The van der Waals surface area contributed by atoms with Crippen molar-refractivity contribution in [3.63, 3.8) is 0 Å². The van der Waals surface area contributed by atoms with Gasteiger partial charge < -0.3 is 5.32 Å². The van der Waals surface area contributed by atoms with Crippen molar-refractivity contribution >= 4 is 0 Å². The average molecular weight is 265 g/mol. The fourth-order valence-corrected chi connectivity index (χ4v) is 3.01. The highest BCUT2D eigenvalue weighted by Gasteiger charge is 2.12. The molecule has 1 saturated carbocycles. The van der Waals surface area contributed by atoms with Gasteiger partial charge in [0.1, 0.15) is 0 Å². The molecular weight excluding hydrogens is 242 g/mol. The maximum atomic E-state index is 3.70. The number of benzene rings is 2. The zero-order valence-electron chi connectivity index (χ0n) is 12.0. The zero-order valence-corrected chi connectivity index (χ0v) is 12.0. The van der Waals surface area contributed by atoms with Gasteiger partial charge in [0, 0.05) is 12.6 Å². The summed E-state index contributed by atoms with van der Waals surface area (Å²) in [5, 5.41) is 3.70. The Kier molecular flexibility index (Phi) is 4.49. The Balaban J connectivity index is 1.58. The van der Waals surface area contributed by atoms with Crippen LogP contribution in [-0.4, -0.2) is 6.04 Å². The summed E-state index contributed by atoms with van der Waals surface area (Å²) in [4.78, 5) is 0. The molecule has 0 amide bonds. The molecule has 0 radical (unpaired) electrons. The highest BCUT2D eigenvalue weighted by molar-refractivity contribution is 5.63. The van der Waals surface area contributed by atoms with Crippen LogP contribution in [0.5, 0.6) is 0 Å². The summed E-state index contributed by atoms with van der Waals surface area (Å²) in [6, 6.07) is 20.3. The molecule has 1 aliphatic carbocycles. The molecule has 0 aromatic heterocycles. The third kappa shape index (κ3) is 3.49. The van der Waals surface area contributed by atoms with Gasteiger partial charge in [-0.15, -0.1) is 0 Å². The lowest BCUT2D eigenvalue weighted by Crippen LogP contribution is -2.30. The van der Waals surface area contributed by atoms with Crippen LogP contribution in [0.4, 0.5) is 0 Å². The van der Waals surface area contributed by atoms with Crippen molar-refractivity contribution in [2.45, 2.75) is 44.7 Å². The van der Waals surface area contributed by atoms with Gasteiger partial charge in [-0.1, -0.05) is 73.9 Å². The van der Waals surface area contributed by atoms with E-state index in [0.717, 1.165) is 12.6 Å². The first kappa shape index (κ1) is 13.4. The predicted octanol–water partition coefficient (Wildman–Crippen LogP) is 4.78. The van der Waals surface area contributed by atoms with E-state index >= 15 is 0 Å². The van der Waals surface area contributed by atoms with E-state index in [1.54, 1.807) is 0 Å². The molecule has 2 aromatic rings. The van der Waals surface area contributed by atoms with Crippen LogP contribution in [0, 0.1) is 0 Å². The lowest BCUT2D eigenvalue weighted by Gasteiger charge is -2.22. The van der Waals surface area contributed by atoms with Crippen molar-refractivity contribution in [1.82, 2.24) is 5.32 Å². The zero-order chi connectivity index (χ0) is 13.6. The smallest absolute Gasteiger partial charge is 0.0208 e. The fraction of sp³-hybridized carbons (Fsp3) is 0.368. The largest absolute Gasteiger partial charge is 0.310 e. The van der Waals surface area contributed by atoms with Gasteiger partial charge in [0.15, 0.2) is 0 Å². The highest BCUT2D eigenvalue weighted by atomic mass is 14.9. The Bertz CT molecular complexity index is 509. The van der Waals surface area contributed by atoms with Gasteiger partial charge in [-0.05, 0) is 29.5 Å². The van der Waals surface area contributed by atoms with E-state index < -0.39 is 0 Å². The summed E-state index contributed by atoms with van der Waals surface area (Å²) in [5.41, 5.74) is 3.97. The van der Waals surface area contributed by atoms with E-state index in [4.69, 9.17) is 0 Å². The summed E-state index contributed by atoms with van der Waals surface area (Å²) in [6.07, 6.45) is 6.91. The highest BCUT2D eigenvalue weighted by Crippen LogP contribution is 2.20. The summed E-state index contributed by atoms with van der Waals surface area (Å²) in [5.74, 6) is 0. The topological polar surface area (TPSA) is 12.0 Å². The number of nitrogens with one attached hydrogen (secondary N) is 1. The van der Waals surface area contributed by atoms with Crippen LogP contribution in [0.25, 0.3) is 11.1 Å². The van der Waals surface area contributed by atoms with E-state index in [-0.39, 0.29) is 0 Å². The first-order valence-corrected chi connectivity index (χ1v) is 7.79. The molecule has 1 N–H and O–H groups in total. The number of hydrogen-bond acceptors (Lipinski definition) is 1. The summed E-state index contributed by atoms with van der Waals surface area (Å²) in [7, 11) is 0. The van der Waals surface area contributed by atoms with Crippen molar-refractivity contribution in [1.29, 1.82) is 0 Å². The second-order valence-electron chi connectivity index (χ2n) is 5.78. The molecule has 0 heterocycles. The molecule has 0 aliphatic heterocycles. The molecule has 2 aromatic carbocycles. The lowest BCUT2D eigenvalue weighted by molar-refractivity contribution is 0.372. The third-order valence-corrected chi connectivity index (χ3v) is 4.26. The van der Waals surface area contributed by atoms with Gasteiger partial charge in [-0.25, -0.2) is 0 Å². The predicted molar refractivity (Wildman–Crippen MR) is 85.6 cm³/mol. The van der Waals surface area contributed by atoms with E-state index in [2.05, 4.69) is 59.9 Å². The summed E-state index contributed by atoms with van der Waals surface area (Å²) < 4.78 is 0. The molecule has 3 rings (SSSR count). The van der Waals surface area contributed by atoms with Crippen LogP contribution in [0.3, 0.4) is 0 Å². The normalized spacial score (nSPS) is 16.2. The standard InChI is InChI=1S/C19H23N/c1-3-7-17(8-4-1)18-13-11-16(12-14-18)15-20-19-9-5-2-6-10-19/h1,3-4,7-8,11-14,19-20H,2,5-6,9-10,15H2. The van der Waals surface area contributed by atoms with Crippen molar-refractivity contribution < 1.29 is 0 Å². The van der Waals surface area contributed by atoms with E-state index in [9.17, 15) is 0 Å². The van der Waals surface area contributed by atoms with Crippen molar-refractivity contribution in [3.8, 4) is 11.1 Å². The molecule has 104 valence electrons. The van der Waals surface area contributed by atoms with Gasteiger partial charge in [0.2, 0.25) is 0 Å². The Morgan fingerprint density at radius 3 is 2.10 bits per heavy atom. The van der Waals surface area contributed by atoms with Gasteiger partial charge in [0.05, 0.1) is 0 Å².